The van der Waals surface area contributed by atoms with Gasteiger partial charge in [0.25, 0.3) is 0 Å². The van der Waals surface area contributed by atoms with Crippen LogP contribution in [0.1, 0.15) is 23.0 Å². The highest BCUT2D eigenvalue weighted by atomic mass is 16.6. The smallest absolute Gasteiger partial charge is 0.328 e. The Morgan fingerprint density at radius 3 is 1.03 bits per heavy atom. The second kappa shape index (κ2) is 10.2. The molecule has 1 aliphatic carbocycles. The molecule has 0 radical (unpaired) electrons. The number of hydrogen-bond donors (Lipinski definition) is 0. The van der Waals surface area contributed by atoms with Gasteiger partial charge in [0, 0.05) is 11.8 Å². The van der Waals surface area contributed by atoms with Crippen molar-refractivity contribution < 1.29 is 38.1 Å². The Hall–Kier alpha value is -4.20. The second-order valence-corrected chi connectivity index (χ2v) is 8.32. The molecule has 1 aliphatic rings. The van der Waals surface area contributed by atoms with Gasteiger partial charge in [-0.1, -0.05) is 73.8 Å². The first kappa shape index (κ1) is 26.4. The third-order valence-electron chi connectivity index (χ3n) is 6.87. The first-order chi connectivity index (χ1) is 17.2. The van der Waals surface area contributed by atoms with E-state index in [0.29, 0.717) is 11.1 Å². The fraction of sp³-hybridized carbons (Fsp3) is 0.286. The maximum atomic E-state index is 13.6. The summed E-state index contributed by atoms with van der Waals surface area (Å²) in [4.78, 5) is 54.6. The van der Waals surface area contributed by atoms with Crippen LogP contribution >= 0.6 is 0 Å². The van der Waals surface area contributed by atoms with Crippen LogP contribution in [0, 0.1) is 10.8 Å². The van der Waals surface area contributed by atoms with Crippen LogP contribution in [0.5, 0.6) is 0 Å². The van der Waals surface area contributed by atoms with E-state index < -0.39 is 46.5 Å². The van der Waals surface area contributed by atoms with Crippen molar-refractivity contribution >= 4 is 23.9 Å². The summed E-state index contributed by atoms with van der Waals surface area (Å²) in [5, 5.41) is 0. The van der Waals surface area contributed by atoms with E-state index in [2.05, 4.69) is 13.2 Å². The van der Waals surface area contributed by atoms with Crippen LogP contribution in [-0.4, -0.2) is 52.3 Å². The van der Waals surface area contributed by atoms with Crippen molar-refractivity contribution in [1.29, 1.82) is 0 Å². The minimum atomic E-state index is -2.19. The van der Waals surface area contributed by atoms with Crippen molar-refractivity contribution in [1.82, 2.24) is 0 Å². The van der Waals surface area contributed by atoms with Crippen LogP contribution in [-0.2, 0) is 38.1 Å². The zero-order chi connectivity index (χ0) is 26.7. The summed E-state index contributed by atoms with van der Waals surface area (Å²) >= 11 is 0. The normalized spacial score (nSPS) is 20.1. The van der Waals surface area contributed by atoms with Crippen LogP contribution in [0.15, 0.2) is 85.0 Å². The fourth-order valence-electron chi connectivity index (χ4n) is 5.35. The van der Waals surface area contributed by atoms with Gasteiger partial charge in [0.15, 0.2) is 10.8 Å². The molecule has 2 unspecified atom stereocenters. The van der Waals surface area contributed by atoms with Crippen LogP contribution in [0.2, 0.25) is 0 Å². The minimum Gasteiger partial charge on any atom is -0.468 e. The molecule has 0 aromatic heterocycles. The summed E-state index contributed by atoms with van der Waals surface area (Å²) in [6, 6.07) is 16.8. The lowest BCUT2D eigenvalue weighted by Crippen LogP contribution is -2.61. The maximum absolute atomic E-state index is 13.6. The molecule has 0 bridgehead atoms. The largest absolute Gasteiger partial charge is 0.468 e. The Bertz CT molecular complexity index is 1070. The molecule has 8 nitrogen and oxygen atoms in total. The van der Waals surface area contributed by atoms with Crippen molar-refractivity contribution in [2.45, 2.75) is 11.8 Å². The van der Waals surface area contributed by atoms with Crippen LogP contribution < -0.4 is 0 Å². The number of carbonyl (C=O) groups is 4. The average Bonchev–Trinajstić information content (AvgIpc) is 2.92. The maximum Gasteiger partial charge on any atom is 0.328 e. The van der Waals surface area contributed by atoms with Crippen molar-refractivity contribution in [3.8, 4) is 0 Å². The minimum absolute atomic E-state index is 0.0931. The van der Waals surface area contributed by atoms with Crippen LogP contribution in [0.3, 0.4) is 0 Å². The molecule has 2 atom stereocenters. The highest BCUT2D eigenvalue weighted by Crippen LogP contribution is 2.65. The number of esters is 4. The van der Waals surface area contributed by atoms with Gasteiger partial charge in [-0.15, -0.1) is 0 Å². The average molecular weight is 493 g/mol. The Kier molecular flexibility index (Phi) is 7.48. The highest BCUT2D eigenvalue weighted by molar-refractivity contribution is 6.12. The molecule has 3 rings (SSSR count). The molecule has 0 saturated heterocycles. The third-order valence-corrected chi connectivity index (χ3v) is 6.87. The third kappa shape index (κ3) is 3.52. The second-order valence-electron chi connectivity index (χ2n) is 8.32. The Balaban J connectivity index is 2.58. The van der Waals surface area contributed by atoms with Gasteiger partial charge < -0.3 is 18.9 Å². The molecule has 1 saturated carbocycles. The van der Waals surface area contributed by atoms with Gasteiger partial charge in [0.2, 0.25) is 0 Å². The van der Waals surface area contributed by atoms with E-state index in [1.807, 2.05) is 0 Å². The molecule has 0 N–H and O–H groups in total. The molecule has 2 aromatic carbocycles. The summed E-state index contributed by atoms with van der Waals surface area (Å²) < 4.78 is 20.6. The first-order valence-electron chi connectivity index (χ1n) is 11.0. The molecular weight excluding hydrogens is 464 g/mol. The molecule has 2 aromatic rings. The first-order valence-corrected chi connectivity index (χ1v) is 11.0. The van der Waals surface area contributed by atoms with E-state index in [-0.39, 0.29) is 11.1 Å². The number of methoxy groups -OCH3 is 4. The monoisotopic (exact) mass is 492 g/mol. The lowest BCUT2D eigenvalue weighted by Gasteiger charge is -2.52. The Morgan fingerprint density at radius 2 is 0.806 bits per heavy atom. The lowest BCUT2D eigenvalue weighted by molar-refractivity contribution is -0.177. The number of carbonyl (C=O) groups excluding carboxylic acids is 4. The molecule has 188 valence electrons. The van der Waals surface area contributed by atoms with Crippen LogP contribution in [0.25, 0.3) is 0 Å². The molecule has 0 spiro atoms. The standard InChI is InChI=1S/C28H28O8/c1-17-21(19-13-9-7-10-14-19)28(25(31)35-5,26(32)36-6)18(2)22(20-15-11-8-12-16-20)27(17,23(29)33-3)24(30)34-4/h7-16,21-22H,1-2H2,3-6H3. The molecule has 0 aliphatic heterocycles. The van der Waals surface area contributed by atoms with Gasteiger partial charge >= 0.3 is 23.9 Å². The van der Waals surface area contributed by atoms with E-state index in [9.17, 15) is 19.2 Å². The summed E-state index contributed by atoms with van der Waals surface area (Å²) in [6.45, 7) is 8.29. The van der Waals surface area contributed by atoms with E-state index in [1.165, 1.54) is 0 Å². The quantitative estimate of drug-likeness (QED) is 0.262. The zero-order valence-electron chi connectivity index (χ0n) is 20.6. The molecule has 0 amide bonds. The number of ether oxygens (including phenoxy) is 4. The molecule has 8 heteroatoms. The van der Waals surface area contributed by atoms with Crippen molar-refractivity contribution in [2.24, 2.45) is 10.8 Å². The van der Waals surface area contributed by atoms with Gasteiger partial charge in [0.05, 0.1) is 28.4 Å². The summed E-state index contributed by atoms with van der Waals surface area (Å²) in [5.41, 5.74) is -3.75. The number of hydrogen-bond acceptors (Lipinski definition) is 8. The lowest BCUT2D eigenvalue weighted by atomic mass is 9.46. The Morgan fingerprint density at radius 1 is 0.556 bits per heavy atom. The zero-order valence-corrected chi connectivity index (χ0v) is 20.6. The number of benzene rings is 2. The molecule has 36 heavy (non-hydrogen) atoms. The molecule has 0 heterocycles. The van der Waals surface area contributed by atoms with Crippen molar-refractivity contribution in [3.63, 3.8) is 0 Å². The van der Waals surface area contributed by atoms with E-state index in [4.69, 9.17) is 18.9 Å². The van der Waals surface area contributed by atoms with E-state index in [0.717, 1.165) is 28.4 Å². The Labute approximate surface area is 209 Å². The predicted molar refractivity (Wildman–Crippen MR) is 130 cm³/mol. The van der Waals surface area contributed by atoms with Gasteiger partial charge in [-0.05, 0) is 22.3 Å². The van der Waals surface area contributed by atoms with Crippen molar-refractivity contribution in [3.05, 3.63) is 96.1 Å². The predicted octanol–water partition coefficient (Wildman–Crippen LogP) is 3.34. The summed E-state index contributed by atoms with van der Waals surface area (Å²) in [7, 11) is 4.52. The van der Waals surface area contributed by atoms with Gasteiger partial charge in [0.1, 0.15) is 0 Å². The summed E-state index contributed by atoms with van der Waals surface area (Å²) in [6.07, 6.45) is 0. The van der Waals surface area contributed by atoms with Gasteiger partial charge in [-0.2, -0.15) is 0 Å². The van der Waals surface area contributed by atoms with Gasteiger partial charge in [-0.3, -0.25) is 19.2 Å². The van der Waals surface area contributed by atoms with E-state index in [1.54, 1.807) is 60.7 Å². The van der Waals surface area contributed by atoms with E-state index >= 15 is 0 Å². The number of rotatable bonds is 6. The molecule has 1 fully saturated rings. The highest BCUT2D eigenvalue weighted by Gasteiger charge is 2.73. The fourth-order valence-corrected chi connectivity index (χ4v) is 5.35. The topological polar surface area (TPSA) is 105 Å². The van der Waals surface area contributed by atoms with Crippen molar-refractivity contribution in [2.75, 3.05) is 28.4 Å². The van der Waals surface area contributed by atoms with Gasteiger partial charge in [-0.25, -0.2) is 0 Å². The van der Waals surface area contributed by atoms with Crippen LogP contribution in [0.4, 0.5) is 0 Å². The molecular formula is C28H28O8. The SMILES string of the molecule is C=C1C(c2ccccc2)C(C(=O)OC)(C(=O)OC)C(=C)C(c2ccccc2)C1(C(=O)OC)C(=O)OC. The summed E-state index contributed by atoms with van der Waals surface area (Å²) in [5.74, 6) is -6.47.